The van der Waals surface area contributed by atoms with Gasteiger partial charge in [-0.2, -0.15) is 0 Å². The molecule has 1 aromatic carbocycles. The number of hydrogen-bond donors (Lipinski definition) is 0. The zero-order valence-electron chi connectivity index (χ0n) is 12.7. The Bertz CT molecular complexity index is 763. The van der Waals surface area contributed by atoms with E-state index in [9.17, 15) is 21.6 Å². The molecule has 0 saturated heterocycles. The molecular formula is C15H15F3N2O3S. The van der Waals surface area contributed by atoms with E-state index in [0.29, 0.717) is 6.42 Å². The van der Waals surface area contributed by atoms with Crippen LogP contribution in [0.1, 0.15) is 5.69 Å². The lowest BCUT2D eigenvalue weighted by Crippen LogP contribution is -2.29. The third-order valence-corrected chi connectivity index (χ3v) is 5.05. The van der Waals surface area contributed by atoms with Crippen molar-refractivity contribution >= 4 is 10.0 Å². The van der Waals surface area contributed by atoms with Crippen molar-refractivity contribution in [1.82, 2.24) is 9.29 Å². The monoisotopic (exact) mass is 360 g/mol. The summed E-state index contributed by atoms with van der Waals surface area (Å²) in [5.41, 5.74) is 0.744. The molecule has 24 heavy (non-hydrogen) atoms. The van der Waals surface area contributed by atoms with E-state index in [2.05, 4.69) is 9.72 Å². The molecule has 0 aliphatic carbocycles. The molecule has 0 atom stereocenters. The van der Waals surface area contributed by atoms with E-state index in [0.717, 1.165) is 34.3 Å². The van der Waals surface area contributed by atoms with Gasteiger partial charge in [0.2, 0.25) is 10.0 Å². The molecule has 9 heteroatoms. The fourth-order valence-corrected chi connectivity index (χ4v) is 3.10. The van der Waals surface area contributed by atoms with E-state index in [1.54, 1.807) is 24.4 Å². The summed E-state index contributed by atoms with van der Waals surface area (Å²) >= 11 is 0. The minimum atomic E-state index is -4.82. The molecule has 1 heterocycles. The topological polar surface area (TPSA) is 59.5 Å². The molecule has 5 nitrogen and oxygen atoms in total. The Balaban J connectivity index is 2.06. The average Bonchev–Trinajstić information content (AvgIpc) is 2.52. The highest BCUT2D eigenvalue weighted by molar-refractivity contribution is 7.89. The number of aromatic nitrogens is 1. The van der Waals surface area contributed by atoms with E-state index >= 15 is 0 Å². The van der Waals surface area contributed by atoms with Gasteiger partial charge in [0.15, 0.2) is 0 Å². The Morgan fingerprint density at radius 2 is 1.79 bits per heavy atom. The molecule has 0 bridgehead atoms. The first-order valence-electron chi connectivity index (χ1n) is 6.90. The summed E-state index contributed by atoms with van der Waals surface area (Å²) in [6.45, 7) is 0.195. The number of nitrogens with zero attached hydrogens (tertiary/aromatic N) is 2. The van der Waals surface area contributed by atoms with Gasteiger partial charge in [-0.1, -0.05) is 6.07 Å². The summed E-state index contributed by atoms with van der Waals surface area (Å²) in [4.78, 5) is 4.00. The van der Waals surface area contributed by atoms with Crippen molar-refractivity contribution < 1.29 is 26.3 Å². The van der Waals surface area contributed by atoms with Gasteiger partial charge >= 0.3 is 6.36 Å². The molecule has 0 fully saturated rings. The Hall–Kier alpha value is -2.13. The summed E-state index contributed by atoms with van der Waals surface area (Å²) in [6, 6.07) is 9.43. The van der Waals surface area contributed by atoms with Crippen LogP contribution in [0.25, 0.3) is 0 Å². The number of likely N-dealkylation sites (N-methyl/N-ethyl adjacent to an activating group) is 1. The zero-order valence-corrected chi connectivity index (χ0v) is 13.5. The maximum absolute atomic E-state index is 12.4. The lowest BCUT2D eigenvalue weighted by molar-refractivity contribution is -0.274. The normalized spacial score (nSPS) is 12.4. The van der Waals surface area contributed by atoms with Crippen LogP contribution in [0, 0.1) is 0 Å². The predicted octanol–water partition coefficient (Wildman–Crippen LogP) is 2.84. The Morgan fingerprint density at radius 1 is 1.12 bits per heavy atom. The molecule has 0 radical (unpaired) electrons. The summed E-state index contributed by atoms with van der Waals surface area (Å²) in [5.74, 6) is -0.474. The van der Waals surface area contributed by atoms with Crippen LogP contribution in [-0.2, 0) is 16.4 Å². The predicted molar refractivity (Wildman–Crippen MR) is 80.9 cm³/mol. The summed E-state index contributed by atoms with van der Waals surface area (Å²) in [6.07, 6.45) is -2.78. The van der Waals surface area contributed by atoms with Crippen LogP contribution in [0.5, 0.6) is 5.75 Å². The van der Waals surface area contributed by atoms with E-state index < -0.39 is 22.1 Å². The van der Waals surface area contributed by atoms with Crippen LogP contribution in [0.4, 0.5) is 13.2 Å². The van der Waals surface area contributed by atoms with Gasteiger partial charge in [0.1, 0.15) is 5.75 Å². The van der Waals surface area contributed by atoms with Crippen molar-refractivity contribution in [3.63, 3.8) is 0 Å². The van der Waals surface area contributed by atoms with Gasteiger partial charge < -0.3 is 4.74 Å². The molecule has 0 unspecified atom stereocenters. The largest absolute Gasteiger partial charge is 0.573 e. The molecule has 130 valence electrons. The number of ether oxygens (including phenoxy) is 1. The first-order valence-corrected chi connectivity index (χ1v) is 8.34. The van der Waals surface area contributed by atoms with E-state index in [1.807, 2.05) is 0 Å². The number of rotatable bonds is 6. The van der Waals surface area contributed by atoms with Crippen LogP contribution >= 0.6 is 0 Å². The molecule has 1 aromatic heterocycles. The van der Waals surface area contributed by atoms with Gasteiger partial charge in [-0.15, -0.1) is 13.2 Å². The molecule has 2 aromatic rings. The van der Waals surface area contributed by atoms with Crippen molar-refractivity contribution in [2.45, 2.75) is 17.7 Å². The lowest BCUT2D eigenvalue weighted by Gasteiger charge is -2.17. The third kappa shape index (κ3) is 4.93. The van der Waals surface area contributed by atoms with Crippen LogP contribution in [0.2, 0.25) is 0 Å². The van der Waals surface area contributed by atoms with Crippen LogP contribution in [0.3, 0.4) is 0 Å². The molecule has 0 saturated carbocycles. The third-order valence-electron chi connectivity index (χ3n) is 3.17. The van der Waals surface area contributed by atoms with E-state index in [-0.39, 0.29) is 11.4 Å². The number of sulfonamides is 1. The molecule has 0 N–H and O–H groups in total. The summed E-state index contributed by atoms with van der Waals surface area (Å²) in [7, 11) is -2.40. The van der Waals surface area contributed by atoms with Gasteiger partial charge in [-0.25, -0.2) is 12.7 Å². The van der Waals surface area contributed by atoms with Gasteiger partial charge in [-0.3, -0.25) is 4.98 Å². The van der Waals surface area contributed by atoms with Crippen molar-refractivity contribution in [1.29, 1.82) is 0 Å². The number of pyridine rings is 1. The van der Waals surface area contributed by atoms with Crippen molar-refractivity contribution in [3.8, 4) is 5.75 Å². The molecule has 0 aliphatic rings. The SMILES string of the molecule is CN(CCc1ccccn1)S(=O)(=O)c1ccc(OC(F)(F)F)cc1. The summed E-state index contributed by atoms with van der Waals surface area (Å²) < 4.78 is 66.0. The second-order valence-corrected chi connectivity index (χ2v) is 6.96. The Labute approximate surface area is 137 Å². The molecule has 0 amide bonds. The zero-order chi connectivity index (χ0) is 17.8. The first kappa shape index (κ1) is 18.2. The number of benzene rings is 1. The van der Waals surface area contributed by atoms with Crippen LogP contribution in [0.15, 0.2) is 53.6 Å². The van der Waals surface area contributed by atoms with Crippen LogP contribution in [-0.4, -0.2) is 37.7 Å². The smallest absolute Gasteiger partial charge is 0.406 e. The molecule has 2 rings (SSSR count). The number of alkyl halides is 3. The minimum absolute atomic E-state index is 0.111. The fourth-order valence-electron chi connectivity index (χ4n) is 1.93. The Morgan fingerprint density at radius 3 is 2.33 bits per heavy atom. The molecular weight excluding hydrogens is 345 g/mol. The second-order valence-electron chi connectivity index (χ2n) is 4.92. The quantitative estimate of drug-likeness (QED) is 0.795. The van der Waals surface area contributed by atoms with Gasteiger partial charge in [0.25, 0.3) is 0 Å². The van der Waals surface area contributed by atoms with Crippen molar-refractivity contribution in [3.05, 3.63) is 54.4 Å². The number of hydrogen-bond acceptors (Lipinski definition) is 4. The van der Waals surface area contributed by atoms with Crippen molar-refractivity contribution in [2.24, 2.45) is 0 Å². The van der Waals surface area contributed by atoms with Gasteiger partial charge in [-0.05, 0) is 36.4 Å². The van der Waals surface area contributed by atoms with Crippen LogP contribution < -0.4 is 4.74 Å². The second kappa shape index (κ2) is 7.18. The molecule has 0 aliphatic heterocycles. The first-order chi connectivity index (χ1) is 11.2. The van der Waals surface area contributed by atoms with E-state index in [4.69, 9.17) is 0 Å². The maximum atomic E-state index is 12.4. The average molecular weight is 360 g/mol. The molecule has 0 spiro atoms. The standard InChI is InChI=1S/C15H15F3N2O3S/c1-20(11-9-12-4-2-3-10-19-12)24(21,22)14-7-5-13(6-8-14)23-15(16,17)18/h2-8,10H,9,11H2,1H3. The van der Waals surface area contributed by atoms with Gasteiger partial charge in [0, 0.05) is 31.9 Å². The highest BCUT2D eigenvalue weighted by Crippen LogP contribution is 2.24. The highest BCUT2D eigenvalue weighted by Gasteiger charge is 2.31. The fraction of sp³-hybridized carbons (Fsp3) is 0.267. The minimum Gasteiger partial charge on any atom is -0.406 e. The van der Waals surface area contributed by atoms with Gasteiger partial charge in [0.05, 0.1) is 4.90 Å². The summed E-state index contributed by atoms with van der Waals surface area (Å²) in [5, 5.41) is 0. The maximum Gasteiger partial charge on any atom is 0.573 e. The highest BCUT2D eigenvalue weighted by atomic mass is 32.2. The lowest BCUT2D eigenvalue weighted by atomic mass is 10.3. The number of halogens is 3. The Kier molecular flexibility index (Phi) is 5.45. The van der Waals surface area contributed by atoms with Crippen molar-refractivity contribution in [2.75, 3.05) is 13.6 Å². The van der Waals surface area contributed by atoms with E-state index in [1.165, 1.54) is 7.05 Å².